The average Bonchev–Trinajstić information content (AvgIpc) is 2.69. The van der Waals surface area contributed by atoms with Crippen LogP contribution in [0.4, 0.5) is 5.69 Å². The van der Waals surface area contributed by atoms with Gasteiger partial charge in [-0.05, 0) is 50.2 Å². The number of aromatic nitrogens is 1. The first-order valence-electron chi connectivity index (χ1n) is 8.93. The van der Waals surface area contributed by atoms with E-state index < -0.39 is 7.29 Å². The number of pyridine rings is 1. The van der Waals surface area contributed by atoms with E-state index in [-0.39, 0.29) is 0 Å². The number of rotatable bonds is 4. The Balaban J connectivity index is 1.89. The minimum Gasteiger partial charge on any atom is -0.328 e. The van der Waals surface area contributed by atoms with Crippen LogP contribution >= 0.6 is 7.29 Å². The van der Waals surface area contributed by atoms with E-state index in [1.54, 1.807) is 6.20 Å². The normalized spacial score (nSPS) is 11.5. The minimum absolute atomic E-state index is 0.776. The van der Waals surface area contributed by atoms with Crippen molar-refractivity contribution in [2.75, 3.05) is 5.09 Å². The van der Waals surface area contributed by atoms with Gasteiger partial charge in [-0.1, -0.05) is 53.6 Å². The molecule has 0 radical (unpaired) electrons. The summed E-state index contributed by atoms with van der Waals surface area (Å²) in [5, 5.41) is 5.94. The molecule has 0 saturated carbocycles. The maximum atomic E-state index is 14.3. The number of anilines is 1. The lowest BCUT2D eigenvalue weighted by atomic mass is 10.2. The first-order chi connectivity index (χ1) is 13.1. The third-order valence-corrected chi connectivity index (χ3v) is 7.31. The number of hydrogen-bond acceptors (Lipinski definition) is 2. The largest absolute Gasteiger partial charge is 0.328 e. The lowest BCUT2D eigenvalue weighted by Gasteiger charge is -2.22. The van der Waals surface area contributed by atoms with E-state index in [2.05, 4.69) is 10.1 Å². The average molecular weight is 372 g/mol. The summed E-state index contributed by atoms with van der Waals surface area (Å²) >= 11 is 0. The fourth-order valence-electron chi connectivity index (χ4n) is 3.15. The smallest absolute Gasteiger partial charge is 0.227 e. The molecule has 0 saturated heterocycles. The molecule has 134 valence electrons. The zero-order chi connectivity index (χ0) is 18.9. The number of hydrogen-bond donors (Lipinski definition) is 1. The van der Waals surface area contributed by atoms with Crippen molar-refractivity contribution < 1.29 is 4.57 Å². The predicted octanol–water partition coefficient (Wildman–Crippen LogP) is 5.19. The highest BCUT2D eigenvalue weighted by Crippen LogP contribution is 2.44. The SMILES string of the molecule is Cc1ccc(P(=O)(Nc2cccc3cccnc23)c2ccc(C)cc2)cc1. The van der Waals surface area contributed by atoms with Crippen molar-refractivity contribution in [2.45, 2.75) is 13.8 Å². The van der Waals surface area contributed by atoms with Crippen molar-refractivity contribution in [3.8, 4) is 0 Å². The molecule has 4 heteroatoms. The van der Waals surface area contributed by atoms with Gasteiger partial charge >= 0.3 is 0 Å². The van der Waals surface area contributed by atoms with Gasteiger partial charge in [0.2, 0.25) is 7.29 Å². The number of para-hydroxylation sites is 1. The third-order valence-electron chi connectivity index (χ3n) is 4.71. The summed E-state index contributed by atoms with van der Waals surface area (Å²) in [6.07, 6.45) is 1.76. The molecule has 1 heterocycles. The lowest BCUT2D eigenvalue weighted by Crippen LogP contribution is -2.22. The number of fused-ring (bicyclic) bond motifs is 1. The van der Waals surface area contributed by atoms with Crippen LogP contribution in [0.1, 0.15) is 11.1 Å². The van der Waals surface area contributed by atoms with Crippen LogP contribution < -0.4 is 15.7 Å². The summed E-state index contributed by atoms with van der Waals surface area (Å²) in [5.74, 6) is 0. The molecule has 4 aromatic rings. The van der Waals surface area contributed by atoms with Crippen molar-refractivity contribution in [3.05, 3.63) is 96.2 Å². The fraction of sp³-hybridized carbons (Fsp3) is 0.0870. The van der Waals surface area contributed by atoms with Gasteiger partial charge in [-0.15, -0.1) is 0 Å². The third kappa shape index (κ3) is 3.39. The van der Waals surface area contributed by atoms with Crippen molar-refractivity contribution in [2.24, 2.45) is 0 Å². The van der Waals surface area contributed by atoms with Gasteiger partial charge in [0, 0.05) is 22.2 Å². The molecule has 0 aliphatic carbocycles. The van der Waals surface area contributed by atoms with Gasteiger partial charge in [-0.3, -0.25) is 9.55 Å². The molecule has 0 aliphatic heterocycles. The lowest BCUT2D eigenvalue weighted by molar-refractivity contribution is 0.590. The highest BCUT2D eigenvalue weighted by atomic mass is 31.2. The maximum Gasteiger partial charge on any atom is 0.227 e. The van der Waals surface area contributed by atoms with Crippen molar-refractivity contribution in [1.29, 1.82) is 0 Å². The minimum atomic E-state index is -3.08. The van der Waals surface area contributed by atoms with E-state index >= 15 is 0 Å². The summed E-state index contributed by atoms with van der Waals surface area (Å²) in [6, 6.07) is 25.6. The van der Waals surface area contributed by atoms with E-state index in [4.69, 9.17) is 0 Å². The van der Waals surface area contributed by atoms with Crippen LogP contribution in [-0.4, -0.2) is 4.98 Å². The zero-order valence-corrected chi connectivity index (χ0v) is 16.3. The second-order valence-electron chi connectivity index (χ2n) is 6.77. The van der Waals surface area contributed by atoms with Gasteiger partial charge in [-0.25, -0.2) is 0 Å². The molecule has 3 aromatic carbocycles. The van der Waals surface area contributed by atoms with Crippen LogP contribution in [0.5, 0.6) is 0 Å². The highest BCUT2D eigenvalue weighted by molar-refractivity contribution is 7.80. The highest BCUT2D eigenvalue weighted by Gasteiger charge is 2.28. The fourth-order valence-corrected chi connectivity index (χ4v) is 5.37. The van der Waals surface area contributed by atoms with Crippen LogP contribution in [-0.2, 0) is 4.57 Å². The monoisotopic (exact) mass is 372 g/mol. The molecular formula is C23H21N2OP. The predicted molar refractivity (Wildman–Crippen MR) is 115 cm³/mol. The Morgan fingerprint density at radius 3 is 1.89 bits per heavy atom. The van der Waals surface area contributed by atoms with Gasteiger partial charge in [0.05, 0.1) is 11.2 Å². The van der Waals surface area contributed by atoms with Crippen LogP contribution in [0.3, 0.4) is 0 Å². The van der Waals surface area contributed by atoms with E-state index in [1.165, 1.54) is 0 Å². The Morgan fingerprint density at radius 1 is 0.741 bits per heavy atom. The summed E-state index contributed by atoms with van der Waals surface area (Å²) in [5.41, 5.74) is 3.87. The van der Waals surface area contributed by atoms with Crippen LogP contribution in [0.2, 0.25) is 0 Å². The first kappa shape index (κ1) is 17.5. The molecule has 1 N–H and O–H groups in total. The molecule has 27 heavy (non-hydrogen) atoms. The Morgan fingerprint density at radius 2 is 1.30 bits per heavy atom. The second kappa shape index (κ2) is 7.02. The number of nitrogens with zero attached hydrogens (tertiary/aromatic N) is 1. The summed E-state index contributed by atoms with van der Waals surface area (Å²) in [7, 11) is -3.08. The van der Waals surface area contributed by atoms with E-state index in [1.807, 2.05) is 92.7 Å². The topological polar surface area (TPSA) is 42.0 Å². The Labute approximate surface area is 159 Å². The molecule has 1 aromatic heterocycles. The molecule has 0 fully saturated rings. The van der Waals surface area contributed by atoms with E-state index in [0.29, 0.717) is 0 Å². The van der Waals surface area contributed by atoms with Gasteiger partial charge in [0.25, 0.3) is 0 Å². The Bertz CT molecular complexity index is 1080. The van der Waals surface area contributed by atoms with Gasteiger partial charge in [-0.2, -0.15) is 0 Å². The van der Waals surface area contributed by atoms with Crippen molar-refractivity contribution in [3.63, 3.8) is 0 Å². The van der Waals surface area contributed by atoms with Crippen LogP contribution in [0.15, 0.2) is 85.1 Å². The number of aryl methyl sites for hydroxylation is 2. The van der Waals surface area contributed by atoms with Crippen molar-refractivity contribution >= 4 is 34.5 Å². The molecule has 0 aliphatic rings. The summed E-state index contributed by atoms with van der Waals surface area (Å²) in [4.78, 5) is 4.50. The molecular weight excluding hydrogens is 351 g/mol. The molecule has 0 bridgehead atoms. The van der Waals surface area contributed by atoms with Crippen LogP contribution in [0.25, 0.3) is 10.9 Å². The second-order valence-corrected chi connectivity index (χ2v) is 9.25. The van der Waals surface area contributed by atoms with Gasteiger partial charge in [0.15, 0.2) is 0 Å². The molecule has 0 amide bonds. The molecule has 0 atom stereocenters. The Kier molecular flexibility index (Phi) is 4.55. The molecule has 0 unspecified atom stereocenters. The quantitative estimate of drug-likeness (QED) is 0.501. The number of nitrogens with one attached hydrogen (secondary N) is 1. The van der Waals surface area contributed by atoms with E-state index in [0.717, 1.165) is 38.3 Å². The molecule has 4 rings (SSSR count). The number of benzene rings is 3. The van der Waals surface area contributed by atoms with E-state index in [9.17, 15) is 4.57 Å². The Hall–Kier alpha value is -2.90. The van der Waals surface area contributed by atoms with Gasteiger partial charge in [0.1, 0.15) is 0 Å². The summed E-state index contributed by atoms with van der Waals surface area (Å²) in [6.45, 7) is 4.06. The molecule has 3 nitrogen and oxygen atoms in total. The van der Waals surface area contributed by atoms with Crippen LogP contribution in [0, 0.1) is 13.8 Å². The standard InChI is InChI=1S/C23H21N2OP/c1-17-8-12-20(13-9-17)27(26,21-14-10-18(2)11-15-21)25-22-7-3-5-19-6-4-16-24-23(19)22/h3-16H,1-2H3,(H,25,26). The zero-order valence-electron chi connectivity index (χ0n) is 15.4. The molecule has 0 spiro atoms. The van der Waals surface area contributed by atoms with Gasteiger partial charge < -0.3 is 5.09 Å². The maximum absolute atomic E-state index is 14.3. The first-order valence-corrected chi connectivity index (χ1v) is 10.6. The van der Waals surface area contributed by atoms with Crippen molar-refractivity contribution in [1.82, 2.24) is 4.98 Å². The summed E-state index contributed by atoms with van der Waals surface area (Å²) < 4.78 is 14.3.